The van der Waals surface area contributed by atoms with Crippen molar-refractivity contribution < 1.29 is 18.8 Å². The lowest BCUT2D eigenvalue weighted by molar-refractivity contribution is -0.145. The summed E-state index contributed by atoms with van der Waals surface area (Å²) < 4.78 is 10.5. The van der Waals surface area contributed by atoms with E-state index < -0.39 is 12.1 Å². The largest absolute Gasteiger partial charge is 0.454 e. The van der Waals surface area contributed by atoms with E-state index in [1.165, 1.54) is 0 Å². The van der Waals surface area contributed by atoms with Crippen molar-refractivity contribution in [2.24, 2.45) is 0 Å². The Morgan fingerprint density at radius 2 is 1.74 bits per heavy atom. The van der Waals surface area contributed by atoms with Gasteiger partial charge in [0, 0.05) is 10.9 Å². The molecule has 0 saturated carbocycles. The predicted octanol–water partition coefficient (Wildman–Crippen LogP) is 4.48. The summed E-state index contributed by atoms with van der Waals surface area (Å²) >= 11 is 0. The molecule has 0 aliphatic rings. The summed E-state index contributed by atoms with van der Waals surface area (Å²) in [6.45, 7) is 7.92. The molecule has 0 spiro atoms. The van der Waals surface area contributed by atoms with Crippen LogP contribution >= 0.6 is 0 Å². The van der Waals surface area contributed by atoms with Crippen molar-refractivity contribution in [3.63, 3.8) is 0 Å². The van der Waals surface area contributed by atoms with Crippen LogP contribution < -0.4 is 0 Å². The van der Waals surface area contributed by atoms with Gasteiger partial charge in [0.15, 0.2) is 11.7 Å². The molecule has 5 nitrogen and oxygen atoms in total. The number of carbonyl (C=O) groups is 2. The highest BCUT2D eigenvalue weighted by atomic mass is 16.5. The average molecular weight is 365 g/mol. The van der Waals surface area contributed by atoms with Gasteiger partial charge in [-0.3, -0.25) is 9.59 Å². The summed E-state index contributed by atoms with van der Waals surface area (Å²) in [6.07, 6.45) is -0.909. The maximum Gasteiger partial charge on any atom is 0.312 e. The van der Waals surface area contributed by atoms with Gasteiger partial charge in [-0.2, -0.15) is 0 Å². The van der Waals surface area contributed by atoms with Crippen LogP contribution in [0.15, 0.2) is 53.1 Å². The van der Waals surface area contributed by atoms with Crippen LogP contribution in [-0.2, 0) is 21.4 Å². The SMILES string of the molecule is C[C@@H](OC(=O)Cc1noc2ccccc12)C(=O)c1ccc(C(C)(C)C)cc1. The van der Waals surface area contributed by atoms with Crippen LogP contribution in [0.2, 0.25) is 0 Å². The molecule has 0 saturated heterocycles. The number of hydrogen-bond donors (Lipinski definition) is 0. The molecule has 1 atom stereocenters. The number of carbonyl (C=O) groups excluding carboxylic acids is 2. The zero-order valence-corrected chi connectivity index (χ0v) is 16.0. The third-order valence-electron chi connectivity index (χ3n) is 4.48. The van der Waals surface area contributed by atoms with Crippen molar-refractivity contribution in [1.82, 2.24) is 5.16 Å². The van der Waals surface area contributed by atoms with Gasteiger partial charge in [0.2, 0.25) is 5.78 Å². The van der Waals surface area contributed by atoms with Crippen LogP contribution in [0.4, 0.5) is 0 Å². The maximum absolute atomic E-state index is 12.5. The number of Topliss-reactive ketones (excluding diaryl/α,β-unsaturated/α-hetero) is 1. The molecule has 140 valence electrons. The van der Waals surface area contributed by atoms with Crippen LogP contribution in [0, 0.1) is 0 Å². The Bertz CT molecular complexity index is 964. The first-order valence-electron chi connectivity index (χ1n) is 8.93. The van der Waals surface area contributed by atoms with Gasteiger partial charge in [-0.1, -0.05) is 62.3 Å². The zero-order valence-electron chi connectivity index (χ0n) is 16.0. The summed E-state index contributed by atoms with van der Waals surface area (Å²) in [5.41, 5.74) is 2.80. The topological polar surface area (TPSA) is 69.4 Å². The van der Waals surface area contributed by atoms with Crippen LogP contribution in [0.5, 0.6) is 0 Å². The standard InChI is InChI=1S/C22H23NO4/c1-14(21(25)15-9-11-16(12-10-15)22(2,3)4)26-20(24)13-18-17-7-5-6-8-19(17)27-23-18/h5-12,14H,13H2,1-4H3/t14-/m1/s1. The minimum absolute atomic E-state index is 0.0139. The fraction of sp³-hybridized carbons (Fsp3) is 0.318. The quantitative estimate of drug-likeness (QED) is 0.492. The molecule has 0 bridgehead atoms. The molecule has 5 heteroatoms. The van der Waals surface area contributed by atoms with Gasteiger partial charge in [0.1, 0.15) is 5.69 Å². The first-order valence-corrected chi connectivity index (χ1v) is 8.93. The van der Waals surface area contributed by atoms with Crippen molar-refractivity contribution in [1.29, 1.82) is 0 Å². The number of esters is 1. The minimum atomic E-state index is -0.865. The number of hydrogen-bond acceptors (Lipinski definition) is 5. The fourth-order valence-electron chi connectivity index (χ4n) is 2.86. The Labute approximate surface area is 158 Å². The monoisotopic (exact) mass is 365 g/mol. The number of aromatic nitrogens is 1. The predicted molar refractivity (Wildman–Crippen MR) is 103 cm³/mol. The number of nitrogens with zero attached hydrogens (tertiary/aromatic N) is 1. The highest BCUT2D eigenvalue weighted by Gasteiger charge is 2.22. The second kappa shape index (κ2) is 7.35. The number of ether oxygens (including phenoxy) is 1. The second-order valence-corrected chi connectivity index (χ2v) is 7.63. The zero-order chi connectivity index (χ0) is 19.6. The highest BCUT2D eigenvalue weighted by molar-refractivity contribution is 6.00. The van der Waals surface area contributed by atoms with Crippen molar-refractivity contribution in [2.45, 2.75) is 45.6 Å². The molecular weight excluding hydrogens is 342 g/mol. The molecule has 3 aromatic rings. The molecule has 2 aromatic carbocycles. The second-order valence-electron chi connectivity index (χ2n) is 7.63. The molecule has 1 heterocycles. The van der Waals surface area contributed by atoms with Gasteiger partial charge in [-0.15, -0.1) is 0 Å². The van der Waals surface area contributed by atoms with E-state index in [0.29, 0.717) is 16.8 Å². The summed E-state index contributed by atoms with van der Waals surface area (Å²) in [4.78, 5) is 24.8. The lowest BCUT2D eigenvalue weighted by Gasteiger charge is -2.19. The van der Waals surface area contributed by atoms with Crippen LogP contribution in [-0.4, -0.2) is 23.0 Å². The third kappa shape index (κ3) is 4.25. The molecular formula is C22H23NO4. The van der Waals surface area contributed by atoms with Gasteiger partial charge in [0.25, 0.3) is 0 Å². The first kappa shape index (κ1) is 18.8. The van der Waals surface area contributed by atoms with E-state index >= 15 is 0 Å². The molecule has 0 amide bonds. The normalized spacial score (nSPS) is 12.7. The maximum atomic E-state index is 12.5. The van der Waals surface area contributed by atoms with E-state index in [-0.39, 0.29) is 17.6 Å². The van der Waals surface area contributed by atoms with E-state index in [1.54, 1.807) is 25.1 Å². The Morgan fingerprint density at radius 3 is 2.41 bits per heavy atom. The number of rotatable bonds is 5. The highest BCUT2D eigenvalue weighted by Crippen LogP contribution is 2.23. The molecule has 0 N–H and O–H groups in total. The molecule has 0 aliphatic heterocycles. The van der Waals surface area contributed by atoms with Crippen LogP contribution in [0.1, 0.15) is 49.3 Å². The lowest BCUT2D eigenvalue weighted by atomic mass is 9.86. The average Bonchev–Trinajstić information content (AvgIpc) is 3.03. The van der Waals surface area contributed by atoms with E-state index in [0.717, 1.165) is 10.9 Å². The van der Waals surface area contributed by atoms with E-state index in [4.69, 9.17) is 9.26 Å². The molecule has 0 unspecified atom stereocenters. The summed E-state index contributed by atoms with van der Waals surface area (Å²) in [5, 5.41) is 4.69. The van der Waals surface area contributed by atoms with Crippen molar-refractivity contribution >= 4 is 22.7 Å². The third-order valence-corrected chi connectivity index (χ3v) is 4.48. The molecule has 27 heavy (non-hydrogen) atoms. The Hall–Kier alpha value is -2.95. The summed E-state index contributed by atoms with van der Waals surface area (Å²) in [5.74, 6) is -0.741. The van der Waals surface area contributed by atoms with Crippen LogP contribution in [0.3, 0.4) is 0 Å². The summed E-state index contributed by atoms with van der Waals surface area (Å²) in [7, 11) is 0. The van der Waals surface area contributed by atoms with Crippen LogP contribution in [0.25, 0.3) is 11.0 Å². The molecule has 0 aliphatic carbocycles. The Morgan fingerprint density at radius 1 is 1.07 bits per heavy atom. The number of para-hydroxylation sites is 1. The minimum Gasteiger partial charge on any atom is -0.454 e. The van der Waals surface area contributed by atoms with E-state index in [1.807, 2.05) is 30.3 Å². The number of fused-ring (bicyclic) bond motifs is 1. The summed E-state index contributed by atoms with van der Waals surface area (Å²) in [6, 6.07) is 14.7. The lowest BCUT2D eigenvalue weighted by Crippen LogP contribution is -2.25. The van der Waals surface area contributed by atoms with Crippen molar-refractivity contribution in [3.05, 3.63) is 65.4 Å². The Kier molecular flexibility index (Phi) is 5.13. The van der Waals surface area contributed by atoms with Gasteiger partial charge < -0.3 is 9.26 Å². The number of ketones is 1. The number of benzene rings is 2. The van der Waals surface area contributed by atoms with Crippen molar-refractivity contribution in [2.75, 3.05) is 0 Å². The van der Waals surface area contributed by atoms with Gasteiger partial charge >= 0.3 is 5.97 Å². The smallest absolute Gasteiger partial charge is 0.312 e. The van der Waals surface area contributed by atoms with Gasteiger partial charge in [0.05, 0.1) is 6.42 Å². The molecule has 3 rings (SSSR count). The van der Waals surface area contributed by atoms with Gasteiger partial charge in [-0.25, -0.2) is 0 Å². The Balaban J connectivity index is 1.64. The molecule has 1 aromatic heterocycles. The first-order chi connectivity index (χ1) is 12.8. The molecule has 0 radical (unpaired) electrons. The van der Waals surface area contributed by atoms with Gasteiger partial charge in [-0.05, 0) is 30.0 Å². The fourth-order valence-corrected chi connectivity index (χ4v) is 2.86. The van der Waals surface area contributed by atoms with E-state index in [2.05, 4.69) is 25.9 Å². The van der Waals surface area contributed by atoms with Crippen molar-refractivity contribution in [3.8, 4) is 0 Å². The van der Waals surface area contributed by atoms with E-state index in [9.17, 15) is 9.59 Å². The molecule has 0 fully saturated rings.